The summed E-state index contributed by atoms with van der Waals surface area (Å²) in [5, 5.41) is 6.97. The highest BCUT2D eigenvalue weighted by Crippen LogP contribution is 2.31. The number of hydrogen-bond acceptors (Lipinski definition) is 3. The van der Waals surface area contributed by atoms with Crippen LogP contribution in [0.5, 0.6) is 0 Å². The molecule has 0 bridgehead atoms. The summed E-state index contributed by atoms with van der Waals surface area (Å²) in [6, 6.07) is 4.64. The Bertz CT molecular complexity index is 766. The predicted octanol–water partition coefficient (Wildman–Crippen LogP) is 2.78. The minimum Gasteiger partial charge on any atom is -0.363 e. The number of benzene rings is 1. The maximum absolute atomic E-state index is 12.9. The molecule has 0 spiro atoms. The molecular formula is C16H16F3N3O2. The van der Waals surface area contributed by atoms with Gasteiger partial charge in [-0.2, -0.15) is 18.3 Å². The number of nitrogens with zero attached hydrogens (tertiary/aromatic N) is 2. The minimum atomic E-state index is -4.41. The van der Waals surface area contributed by atoms with E-state index in [-0.39, 0.29) is 11.9 Å². The second-order valence-electron chi connectivity index (χ2n) is 5.70. The van der Waals surface area contributed by atoms with E-state index in [1.165, 1.54) is 10.7 Å². The summed E-state index contributed by atoms with van der Waals surface area (Å²) in [4.78, 5) is 11.7. The molecule has 8 heteroatoms. The van der Waals surface area contributed by atoms with Crippen LogP contribution in [0.3, 0.4) is 0 Å². The second kappa shape index (κ2) is 5.94. The molecule has 2 aromatic rings. The van der Waals surface area contributed by atoms with Gasteiger partial charge >= 0.3 is 6.18 Å². The molecule has 2 heterocycles. The fourth-order valence-corrected chi connectivity index (χ4v) is 2.51. The standard InChI is InChI=1S/C16H16F3N3O2/c1-9(21-15(23)14-8-24-14)13-7-20-22(10(13)2)12-5-3-4-11(6-12)16(17,18)19/h3-7,9,14H,8H2,1-2H3,(H,21,23). The molecule has 1 aliphatic rings. The first-order valence-electron chi connectivity index (χ1n) is 7.41. The van der Waals surface area contributed by atoms with Crippen LogP contribution >= 0.6 is 0 Å². The van der Waals surface area contributed by atoms with Crippen LogP contribution in [0, 0.1) is 6.92 Å². The van der Waals surface area contributed by atoms with Gasteiger partial charge in [-0.3, -0.25) is 4.79 Å². The SMILES string of the molecule is Cc1c(C(C)NC(=O)C2CO2)cnn1-c1cccc(C(F)(F)F)c1. The second-order valence-corrected chi connectivity index (χ2v) is 5.70. The normalized spacial score (nSPS) is 18.3. The number of carbonyl (C=O) groups is 1. The molecule has 24 heavy (non-hydrogen) atoms. The lowest BCUT2D eigenvalue weighted by atomic mass is 10.1. The number of amides is 1. The van der Waals surface area contributed by atoms with E-state index in [2.05, 4.69) is 10.4 Å². The van der Waals surface area contributed by atoms with Gasteiger partial charge in [0.2, 0.25) is 0 Å². The molecule has 0 aliphatic carbocycles. The fourth-order valence-electron chi connectivity index (χ4n) is 2.51. The first kappa shape index (κ1) is 16.5. The van der Waals surface area contributed by atoms with Gasteiger partial charge in [0.25, 0.3) is 5.91 Å². The molecule has 1 aromatic heterocycles. The third kappa shape index (κ3) is 3.28. The van der Waals surface area contributed by atoms with E-state index in [4.69, 9.17) is 4.74 Å². The fraction of sp³-hybridized carbons (Fsp3) is 0.375. The summed E-state index contributed by atoms with van der Waals surface area (Å²) in [6.07, 6.45) is -3.26. The van der Waals surface area contributed by atoms with Crippen molar-refractivity contribution < 1.29 is 22.7 Å². The van der Waals surface area contributed by atoms with Crippen LogP contribution in [-0.2, 0) is 15.7 Å². The van der Waals surface area contributed by atoms with Crippen molar-refractivity contribution in [3.05, 3.63) is 47.3 Å². The smallest absolute Gasteiger partial charge is 0.363 e. The summed E-state index contributed by atoms with van der Waals surface area (Å²) in [6.45, 7) is 3.96. The number of hydrogen-bond donors (Lipinski definition) is 1. The van der Waals surface area contributed by atoms with E-state index in [9.17, 15) is 18.0 Å². The van der Waals surface area contributed by atoms with Crippen molar-refractivity contribution in [3.63, 3.8) is 0 Å². The van der Waals surface area contributed by atoms with Crippen molar-refractivity contribution in [2.24, 2.45) is 0 Å². The molecule has 1 amide bonds. The highest BCUT2D eigenvalue weighted by molar-refractivity contribution is 5.83. The van der Waals surface area contributed by atoms with Crippen molar-refractivity contribution in [2.45, 2.75) is 32.2 Å². The summed E-state index contributed by atoms with van der Waals surface area (Å²) in [5.74, 6) is -0.200. The van der Waals surface area contributed by atoms with Gasteiger partial charge in [-0.15, -0.1) is 0 Å². The average Bonchev–Trinajstić information content (AvgIpc) is 3.29. The summed E-state index contributed by atoms with van der Waals surface area (Å²) in [5.41, 5.74) is 0.988. The first-order valence-corrected chi connectivity index (χ1v) is 7.41. The van der Waals surface area contributed by atoms with Crippen LogP contribution in [0.25, 0.3) is 5.69 Å². The zero-order chi connectivity index (χ0) is 17.5. The lowest BCUT2D eigenvalue weighted by molar-refractivity contribution is -0.137. The van der Waals surface area contributed by atoms with Crippen molar-refractivity contribution >= 4 is 5.91 Å². The summed E-state index contributed by atoms with van der Waals surface area (Å²) in [7, 11) is 0. The molecule has 5 nitrogen and oxygen atoms in total. The number of ether oxygens (including phenoxy) is 1. The van der Waals surface area contributed by atoms with Crippen LogP contribution in [0.15, 0.2) is 30.5 Å². The molecule has 3 rings (SSSR count). The monoisotopic (exact) mass is 339 g/mol. The molecule has 2 unspecified atom stereocenters. The average molecular weight is 339 g/mol. The lowest BCUT2D eigenvalue weighted by Crippen LogP contribution is -2.30. The highest BCUT2D eigenvalue weighted by Gasteiger charge is 2.33. The Balaban J connectivity index is 1.85. The molecule has 1 saturated heterocycles. The Morgan fingerprint density at radius 3 is 2.79 bits per heavy atom. The molecule has 1 fully saturated rings. The van der Waals surface area contributed by atoms with Gasteiger partial charge in [0.05, 0.1) is 30.1 Å². The van der Waals surface area contributed by atoms with Gasteiger partial charge in [0.1, 0.15) is 0 Å². The Hall–Kier alpha value is -2.35. The first-order chi connectivity index (χ1) is 11.3. The number of halogens is 3. The van der Waals surface area contributed by atoms with E-state index in [1.54, 1.807) is 26.1 Å². The molecule has 0 saturated carbocycles. The van der Waals surface area contributed by atoms with E-state index in [0.717, 1.165) is 17.7 Å². The zero-order valence-corrected chi connectivity index (χ0v) is 13.1. The van der Waals surface area contributed by atoms with Crippen LogP contribution in [0.4, 0.5) is 13.2 Å². The predicted molar refractivity (Wildman–Crippen MR) is 79.6 cm³/mol. The molecule has 128 valence electrons. The molecule has 2 atom stereocenters. The van der Waals surface area contributed by atoms with Crippen LogP contribution < -0.4 is 5.32 Å². The number of rotatable bonds is 4. The number of carbonyl (C=O) groups excluding carboxylic acids is 1. The largest absolute Gasteiger partial charge is 0.416 e. The third-order valence-corrected chi connectivity index (χ3v) is 3.92. The molecule has 1 N–H and O–H groups in total. The van der Waals surface area contributed by atoms with Crippen molar-refractivity contribution in [3.8, 4) is 5.69 Å². The van der Waals surface area contributed by atoms with E-state index in [0.29, 0.717) is 18.0 Å². The van der Waals surface area contributed by atoms with Crippen LogP contribution in [0.1, 0.15) is 29.8 Å². The van der Waals surface area contributed by atoms with Gasteiger partial charge in [0, 0.05) is 11.3 Å². The highest BCUT2D eigenvalue weighted by atomic mass is 19.4. The van der Waals surface area contributed by atoms with Gasteiger partial charge in [-0.25, -0.2) is 4.68 Å². The van der Waals surface area contributed by atoms with Gasteiger partial charge < -0.3 is 10.1 Å². The number of nitrogens with one attached hydrogen (secondary N) is 1. The van der Waals surface area contributed by atoms with Crippen molar-refractivity contribution in [1.29, 1.82) is 0 Å². The van der Waals surface area contributed by atoms with E-state index in [1.807, 2.05) is 0 Å². The summed E-state index contributed by atoms with van der Waals surface area (Å²) < 4.78 is 44.9. The summed E-state index contributed by atoms with van der Waals surface area (Å²) >= 11 is 0. The van der Waals surface area contributed by atoms with Crippen molar-refractivity contribution in [1.82, 2.24) is 15.1 Å². The Kier molecular flexibility index (Phi) is 4.08. The number of aromatic nitrogens is 2. The van der Waals surface area contributed by atoms with E-state index >= 15 is 0 Å². The minimum absolute atomic E-state index is 0.200. The van der Waals surface area contributed by atoms with Crippen molar-refractivity contribution in [2.75, 3.05) is 6.61 Å². The molecular weight excluding hydrogens is 323 g/mol. The Morgan fingerprint density at radius 2 is 2.17 bits per heavy atom. The van der Waals surface area contributed by atoms with Gasteiger partial charge in [0.15, 0.2) is 6.10 Å². The van der Waals surface area contributed by atoms with Gasteiger partial charge in [-0.05, 0) is 32.0 Å². The topological polar surface area (TPSA) is 59.5 Å². The van der Waals surface area contributed by atoms with Crippen LogP contribution in [-0.4, -0.2) is 28.4 Å². The number of epoxide rings is 1. The van der Waals surface area contributed by atoms with Gasteiger partial charge in [-0.1, -0.05) is 6.07 Å². The molecule has 1 aliphatic heterocycles. The lowest BCUT2D eigenvalue weighted by Gasteiger charge is -2.14. The Morgan fingerprint density at radius 1 is 1.46 bits per heavy atom. The van der Waals surface area contributed by atoms with Crippen LogP contribution in [0.2, 0.25) is 0 Å². The maximum atomic E-state index is 12.9. The quantitative estimate of drug-likeness (QED) is 0.872. The molecule has 1 aromatic carbocycles. The Labute approximate surface area is 136 Å². The maximum Gasteiger partial charge on any atom is 0.416 e. The molecule has 0 radical (unpaired) electrons. The third-order valence-electron chi connectivity index (χ3n) is 3.92. The number of alkyl halides is 3. The zero-order valence-electron chi connectivity index (χ0n) is 13.1. The van der Waals surface area contributed by atoms with E-state index < -0.39 is 17.8 Å².